The van der Waals surface area contributed by atoms with Crippen molar-refractivity contribution >= 4 is 0 Å². The van der Waals surface area contributed by atoms with Crippen LogP contribution in [0.1, 0.15) is 18.5 Å². The normalized spacial score (nSPS) is 12.4. The van der Waals surface area contributed by atoms with Crippen molar-refractivity contribution in [3.05, 3.63) is 23.3 Å². The van der Waals surface area contributed by atoms with Gasteiger partial charge in [-0.05, 0) is 6.92 Å². The van der Waals surface area contributed by atoms with Gasteiger partial charge in [-0.1, -0.05) is 0 Å². The second-order valence-electron chi connectivity index (χ2n) is 3.11. The van der Waals surface area contributed by atoms with E-state index in [1.165, 1.54) is 14.2 Å². The Balaban J connectivity index is 3.49. The van der Waals surface area contributed by atoms with Gasteiger partial charge in [0, 0.05) is 12.1 Å². The summed E-state index contributed by atoms with van der Waals surface area (Å²) in [5.41, 5.74) is 5.52. The minimum absolute atomic E-state index is 0.0191. The van der Waals surface area contributed by atoms with Crippen molar-refractivity contribution in [3.8, 4) is 11.5 Å². The minimum Gasteiger partial charge on any atom is -0.493 e. The van der Waals surface area contributed by atoms with Crippen molar-refractivity contribution in [2.75, 3.05) is 14.2 Å². The fourth-order valence-electron chi connectivity index (χ4n) is 1.37. The first kappa shape index (κ1) is 11.7. The Morgan fingerprint density at radius 1 is 1.27 bits per heavy atom. The summed E-state index contributed by atoms with van der Waals surface area (Å²) >= 11 is 0. The van der Waals surface area contributed by atoms with E-state index < -0.39 is 17.7 Å². The molecular formula is C10H13F2NO2. The third-order valence-corrected chi connectivity index (χ3v) is 2.05. The van der Waals surface area contributed by atoms with Crippen LogP contribution in [0.25, 0.3) is 0 Å². The van der Waals surface area contributed by atoms with Gasteiger partial charge in [0.1, 0.15) is 0 Å². The Hall–Kier alpha value is -1.36. The number of halogens is 2. The maximum Gasteiger partial charge on any atom is 0.168 e. The van der Waals surface area contributed by atoms with E-state index in [4.69, 9.17) is 15.2 Å². The summed E-state index contributed by atoms with van der Waals surface area (Å²) in [6.07, 6.45) is 0. The molecule has 0 bridgehead atoms. The Morgan fingerprint density at radius 3 is 2.27 bits per heavy atom. The smallest absolute Gasteiger partial charge is 0.168 e. The molecule has 0 saturated heterocycles. The Morgan fingerprint density at radius 2 is 1.87 bits per heavy atom. The quantitative estimate of drug-likeness (QED) is 0.842. The number of benzene rings is 1. The fraction of sp³-hybridized carbons (Fsp3) is 0.400. The van der Waals surface area contributed by atoms with Gasteiger partial charge in [-0.25, -0.2) is 8.78 Å². The molecule has 1 unspecified atom stereocenters. The first-order valence-corrected chi connectivity index (χ1v) is 4.38. The molecule has 0 heterocycles. The minimum atomic E-state index is -1.00. The lowest BCUT2D eigenvalue weighted by Gasteiger charge is -2.16. The highest BCUT2D eigenvalue weighted by molar-refractivity contribution is 5.49. The van der Waals surface area contributed by atoms with Gasteiger partial charge in [0.15, 0.2) is 23.1 Å². The van der Waals surface area contributed by atoms with Crippen LogP contribution in [0.2, 0.25) is 0 Å². The van der Waals surface area contributed by atoms with Gasteiger partial charge in [-0.15, -0.1) is 0 Å². The maximum absolute atomic E-state index is 13.4. The van der Waals surface area contributed by atoms with Crippen molar-refractivity contribution < 1.29 is 18.3 Å². The van der Waals surface area contributed by atoms with Crippen LogP contribution in [0.3, 0.4) is 0 Å². The zero-order valence-corrected chi connectivity index (χ0v) is 8.80. The van der Waals surface area contributed by atoms with Crippen molar-refractivity contribution in [3.63, 3.8) is 0 Å². The van der Waals surface area contributed by atoms with E-state index in [9.17, 15) is 8.78 Å². The molecule has 1 atom stereocenters. The lowest BCUT2D eigenvalue weighted by Crippen LogP contribution is -2.11. The van der Waals surface area contributed by atoms with E-state index in [-0.39, 0.29) is 17.1 Å². The fourth-order valence-corrected chi connectivity index (χ4v) is 1.37. The summed E-state index contributed by atoms with van der Waals surface area (Å²) in [5.74, 6) is -1.74. The highest BCUT2D eigenvalue weighted by Crippen LogP contribution is 2.37. The van der Waals surface area contributed by atoms with Crippen molar-refractivity contribution in [2.45, 2.75) is 13.0 Å². The summed E-state index contributed by atoms with van der Waals surface area (Å²) in [7, 11) is 2.70. The number of rotatable bonds is 3. The standard InChI is InChI=1S/C10H13F2NO2/c1-5(13)8-9(12)6(11)4-7(14-2)10(8)15-3/h4-5H,13H2,1-3H3. The largest absolute Gasteiger partial charge is 0.493 e. The zero-order chi connectivity index (χ0) is 11.6. The Labute approximate surface area is 86.8 Å². The zero-order valence-electron chi connectivity index (χ0n) is 8.80. The maximum atomic E-state index is 13.4. The van der Waals surface area contributed by atoms with Gasteiger partial charge in [0.2, 0.25) is 0 Å². The number of methoxy groups -OCH3 is 2. The van der Waals surface area contributed by atoms with Gasteiger partial charge in [-0.3, -0.25) is 0 Å². The molecule has 1 rings (SSSR count). The SMILES string of the molecule is COc1cc(F)c(F)c(C(C)N)c1OC. The van der Waals surface area contributed by atoms with Crippen molar-refractivity contribution in [2.24, 2.45) is 5.73 Å². The van der Waals surface area contributed by atoms with Gasteiger partial charge in [-0.2, -0.15) is 0 Å². The molecule has 0 radical (unpaired) electrons. The lowest BCUT2D eigenvalue weighted by molar-refractivity contribution is 0.339. The molecular weight excluding hydrogens is 204 g/mol. The molecule has 3 nitrogen and oxygen atoms in total. The molecule has 0 aliphatic carbocycles. The monoisotopic (exact) mass is 217 g/mol. The summed E-state index contributed by atoms with van der Waals surface area (Å²) in [6.45, 7) is 1.54. The van der Waals surface area contributed by atoms with Gasteiger partial charge >= 0.3 is 0 Å². The van der Waals surface area contributed by atoms with Gasteiger partial charge in [0.25, 0.3) is 0 Å². The van der Waals surface area contributed by atoms with E-state index in [0.29, 0.717) is 0 Å². The van der Waals surface area contributed by atoms with Gasteiger partial charge < -0.3 is 15.2 Å². The molecule has 84 valence electrons. The second-order valence-corrected chi connectivity index (χ2v) is 3.11. The molecule has 0 aromatic heterocycles. The predicted molar refractivity (Wildman–Crippen MR) is 52.1 cm³/mol. The summed E-state index contributed by atoms with van der Waals surface area (Å²) in [5, 5.41) is 0. The van der Waals surface area contributed by atoms with Crippen LogP contribution < -0.4 is 15.2 Å². The molecule has 0 aliphatic heterocycles. The van der Waals surface area contributed by atoms with Crippen LogP contribution in [0.4, 0.5) is 8.78 Å². The number of ether oxygens (including phenoxy) is 2. The number of hydrogen-bond donors (Lipinski definition) is 1. The summed E-state index contributed by atoms with van der Waals surface area (Å²) in [4.78, 5) is 0. The molecule has 0 amide bonds. The first-order chi connectivity index (χ1) is 7.02. The van der Waals surface area contributed by atoms with E-state index in [0.717, 1.165) is 6.07 Å². The highest BCUT2D eigenvalue weighted by Gasteiger charge is 2.22. The molecule has 5 heteroatoms. The topological polar surface area (TPSA) is 44.5 Å². The molecule has 0 saturated carbocycles. The average molecular weight is 217 g/mol. The van der Waals surface area contributed by atoms with Crippen molar-refractivity contribution in [1.29, 1.82) is 0 Å². The Kier molecular flexibility index (Phi) is 3.47. The van der Waals surface area contributed by atoms with Crippen LogP contribution in [0, 0.1) is 11.6 Å². The average Bonchev–Trinajstić information content (AvgIpc) is 2.20. The molecule has 2 N–H and O–H groups in total. The third kappa shape index (κ3) is 2.02. The molecule has 1 aromatic carbocycles. The van der Waals surface area contributed by atoms with Crippen LogP contribution >= 0.6 is 0 Å². The van der Waals surface area contributed by atoms with Crippen LogP contribution in [0.15, 0.2) is 6.07 Å². The summed E-state index contributed by atoms with van der Waals surface area (Å²) in [6, 6.07) is 0.254. The van der Waals surface area contributed by atoms with E-state index in [1.807, 2.05) is 0 Å². The number of nitrogens with two attached hydrogens (primary N) is 1. The predicted octanol–water partition coefficient (Wildman–Crippen LogP) is 2.00. The first-order valence-electron chi connectivity index (χ1n) is 4.38. The van der Waals surface area contributed by atoms with Crippen LogP contribution in [-0.4, -0.2) is 14.2 Å². The van der Waals surface area contributed by atoms with E-state index >= 15 is 0 Å². The number of hydrogen-bond acceptors (Lipinski definition) is 3. The molecule has 1 aromatic rings. The third-order valence-electron chi connectivity index (χ3n) is 2.05. The van der Waals surface area contributed by atoms with Crippen molar-refractivity contribution in [1.82, 2.24) is 0 Å². The summed E-state index contributed by atoms with van der Waals surface area (Å²) < 4.78 is 36.4. The molecule has 0 fully saturated rings. The van der Waals surface area contributed by atoms with Crippen LogP contribution in [0.5, 0.6) is 11.5 Å². The highest BCUT2D eigenvalue weighted by atomic mass is 19.2. The van der Waals surface area contributed by atoms with Crippen LogP contribution in [-0.2, 0) is 0 Å². The molecule has 15 heavy (non-hydrogen) atoms. The Bertz CT molecular complexity index is 367. The van der Waals surface area contributed by atoms with E-state index in [2.05, 4.69) is 0 Å². The van der Waals surface area contributed by atoms with E-state index in [1.54, 1.807) is 6.92 Å². The second kappa shape index (κ2) is 4.44. The molecule has 0 spiro atoms. The molecule has 0 aliphatic rings. The lowest BCUT2D eigenvalue weighted by atomic mass is 10.1. The van der Waals surface area contributed by atoms with Gasteiger partial charge in [0.05, 0.1) is 19.8 Å².